The van der Waals surface area contributed by atoms with E-state index in [1.54, 1.807) is 0 Å². The Hall–Kier alpha value is -3.42. The summed E-state index contributed by atoms with van der Waals surface area (Å²) in [6.07, 6.45) is 5.76. The van der Waals surface area contributed by atoms with E-state index in [0.717, 1.165) is 22.6 Å². The molecule has 0 N–H and O–H groups in total. The van der Waals surface area contributed by atoms with Gasteiger partial charge in [0.25, 0.3) is 0 Å². The lowest BCUT2D eigenvalue weighted by molar-refractivity contribution is 1.27. The van der Waals surface area contributed by atoms with Gasteiger partial charge in [0, 0.05) is 16.9 Å². The van der Waals surface area contributed by atoms with E-state index in [0.29, 0.717) is 6.42 Å². The molecule has 0 atom stereocenters. The van der Waals surface area contributed by atoms with Crippen molar-refractivity contribution in [3.05, 3.63) is 90.5 Å². The van der Waals surface area contributed by atoms with Crippen LogP contribution in [0.25, 0.3) is 0 Å². The maximum Gasteiger partial charge on any atom is 0.0703 e. The van der Waals surface area contributed by atoms with Gasteiger partial charge < -0.3 is 4.90 Å². The number of benzene rings is 3. The molecule has 0 spiro atoms. The number of para-hydroxylation sites is 3. The van der Waals surface area contributed by atoms with Crippen LogP contribution in [0.4, 0.5) is 17.1 Å². The zero-order valence-electron chi connectivity index (χ0n) is 13.3. The summed E-state index contributed by atoms with van der Waals surface area (Å²) in [5.41, 5.74) is 4.18. The smallest absolute Gasteiger partial charge is 0.0703 e. The average Bonchev–Trinajstić information content (AvgIpc) is 2.65. The molecule has 0 aliphatic heterocycles. The molecule has 0 radical (unpaired) electrons. The molecule has 0 aromatic heterocycles. The Morgan fingerprint density at radius 3 is 1.83 bits per heavy atom. The first-order chi connectivity index (χ1) is 11.9. The van der Waals surface area contributed by atoms with Crippen molar-refractivity contribution in [2.24, 2.45) is 0 Å². The lowest BCUT2D eigenvalue weighted by Crippen LogP contribution is -2.11. The highest BCUT2D eigenvalue weighted by Gasteiger charge is 2.14. The van der Waals surface area contributed by atoms with Crippen molar-refractivity contribution >= 4 is 17.1 Å². The second-order valence-electron chi connectivity index (χ2n) is 5.21. The third kappa shape index (κ3) is 3.49. The first kappa shape index (κ1) is 15.5. The Kier molecular flexibility index (Phi) is 4.98. The maximum absolute atomic E-state index is 5.31. The van der Waals surface area contributed by atoms with E-state index in [2.05, 4.69) is 53.0 Å². The van der Waals surface area contributed by atoms with Gasteiger partial charge in [0.05, 0.1) is 12.1 Å². The SMILES string of the molecule is C#CCC#Cc1ccccc1N(c1ccccc1)c1ccccc1. The minimum Gasteiger partial charge on any atom is -0.309 e. The highest BCUT2D eigenvalue weighted by Crippen LogP contribution is 2.35. The van der Waals surface area contributed by atoms with E-state index in [-0.39, 0.29) is 0 Å². The molecule has 0 bridgehead atoms. The van der Waals surface area contributed by atoms with Gasteiger partial charge in [0.1, 0.15) is 0 Å². The molecule has 3 rings (SSSR count). The van der Waals surface area contributed by atoms with Gasteiger partial charge in [-0.15, -0.1) is 6.42 Å². The third-order valence-electron chi connectivity index (χ3n) is 3.59. The fourth-order valence-electron chi connectivity index (χ4n) is 2.55. The first-order valence-electron chi connectivity index (χ1n) is 7.82. The minimum absolute atomic E-state index is 0.449. The molecule has 1 heteroatoms. The number of hydrogen-bond donors (Lipinski definition) is 0. The van der Waals surface area contributed by atoms with E-state index in [4.69, 9.17) is 6.42 Å². The highest BCUT2D eigenvalue weighted by molar-refractivity contribution is 5.80. The molecule has 0 aliphatic rings. The van der Waals surface area contributed by atoms with Crippen molar-refractivity contribution in [3.63, 3.8) is 0 Å². The van der Waals surface area contributed by atoms with E-state index in [1.807, 2.05) is 54.6 Å². The fourth-order valence-corrected chi connectivity index (χ4v) is 2.55. The molecule has 0 saturated carbocycles. The third-order valence-corrected chi connectivity index (χ3v) is 3.59. The molecule has 0 unspecified atom stereocenters. The number of anilines is 3. The van der Waals surface area contributed by atoms with Crippen LogP contribution in [0.15, 0.2) is 84.9 Å². The van der Waals surface area contributed by atoms with Crippen LogP contribution in [-0.4, -0.2) is 0 Å². The predicted octanol–water partition coefficient (Wildman–Crippen LogP) is 5.53. The van der Waals surface area contributed by atoms with E-state index < -0.39 is 0 Å². The van der Waals surface area contributed by atoms with Crippen LogP contribution < -0.4 is 4.90 Å². The van der Waals surface area contributed by atoms with Crippen molar-refractivity contribution in [1.29, 1.82) is 0 Å². The summed E-state index contributed by atoms with van der Waals surface area (Å²) in [4.78, 5) is 2.21. The largest absolute Gasteiger partial charge is 0.309 e. The molecular weight excluding hydrogens is 290 g/mol. The summed E-state index contributed by atoms with van der Waals surface area (Å²) in [6, 6.07) is 28.7. The van der Waals surface area contributed by atoms with Gasteiger partial charge >= 0.3 is 0 Å². The van der Waals surface area contributed by atoms with Gasteiger partial charge in [-0.1, -0.05) is 66.3 Å². The van der Waals surface area contributed by atoms with Crippen LogP contribution in [0.5, 0.6) is 0 Å². The van der Waals surface area contributed by atoms with Crippen LogP contribution in [0.2, 0.25) is 0 Å². The van der Waals surface area contributed by atoms with Crippen LogP contribution in [0, 0.1) is 24.2 Å². The Bertz CT molecular complexity index is 854. The minimum atomic E-state index is 0.449. The monoisotopic (exact) mass is 307 g/mol. The van der Waals surface area contributed by atoms with Gasteiger partial charge in [-0.2, -0.15) is 0 Å². The van der Waals surface area contributed by atoms with Crippen LogP contribution in [0.3, 0.4) is 0 Å². The molecule has 0 heterocycles. The molecule has 24 heavy (non-hydrogen) atoms. The lowest BCUT2D eigenvalue weighted by Gasteiger charge is -2.26. The Balaban J connectivity index is 2.15. The molecule has 1 nitrogen and oxygen atoms in total. The zero-order valence-corrected chi connectivity index (χ0v) is 13.3. The Morgan fingerprint density at radius 1 is 0.708 bits per heavy atom. The van der Waals surface area contributed by atoms with Crippen molar-refractivity contribution in [2.45, 2.75) is 6.42 Å². The van der Waals surface area contributed by atoms with Crippen LogP contribution >= 0.6 is 0 Å². The van der Waals surface area contributed by atoms with Crippen molar-refractivity contribution in [3.8, 4) is 24.2 Å². The summed E-state index contributed by atoms with van der Waals surface area (Å²) in [5, 5.41) is 0. The molecule has 0 fully saturated rings. The number of hydrogen-bond acceptors (Lipinski definition) is 1. The van der Waals surface area contributed by atoms with Gasteiger partial charge in [0.15, 0.2) is 0 Å². The molecule has 3 aromatic carbocycles. The van der Waals surface area contributed by atoms with Gasteiger partial charge in [-0.05, 0) is 36.4 Å². The standard InChI is InChI=1S/C23H17N/c1-2-3-6-13-20-14-11-12-19-23(20)24(21-15-7-4-8-16-21)22-17-9-5-10-18-22/h1,4-5,7-12,14-19H,3H2. The fraction of sp³-hybridized carbons (Fsp3) is 0.0435. The molecule has 0 aliphatic carbocycles. The first-order valence-corrected chi connectivity index (χ1v) is 7.82. The maximum atomic E-state index is 5.31. The normalized spacial score (nSPS) is 9.46. The summed E-state index contributed by atoms with van der Waals surface area (Å²) < 4.78 is 0. The summed E-state index contributed by atoms with van der Waals surface area (Å²) in [6.45, 7) is 0. The Morgan fingerprint density at radius 2 is 1.25 bits per heavy atom. The second kappa shape index (κ2) is 7.73. The average molecular weight is 307 g/mol. The van der Waals surface area contributed by atoms with Crippen molar-refractivity contribution < 1.29 is 0 Å². The summed E-state index contributed by atoms with van der Waals surface area (Å²) in [5.74, 6) is 8.80. The van der Waals surface area contributed by atoms with Gasteiger partial charge in [-0.25, -0.2) is 0 Å². The summed E-state index contributed by atoms with van der Waals surface area (Å²) >= 11 is 0. The highest BCUT2D eigenvalue weighted by atomic mass is 15.1. The van der Waals surface area contributed by atoms with E-state index in [9.17, 15) is 0 Å². The molecule has 114 valence electrons. The lowest BCUT2D eigenvalue weighted by atomic mass is 10.1. The molecule has 0 saturated heterocycles. The topological polar surface area (TPSA) is 3.24 Å². The molecule has 3 aromatic rings. The second-order valence-corrected chi connectivity index (χ2v) is 5.21. The van der Waals surface area contributed by atoms with E-state index >= 15 is 0 Å². The van der Waals surface area contributed by atoms with Gasteiger partial charge in [-0.3, -0.25) is 0 Å². The zero-order chi connectivity index (χ0) is 16.6. The molecule has 0 amide bonds. The Labute approximate surface area is 143 Å². The van der Waals surface area contributed by atoms with E-state index in [1.165, 1.54) is 0 Å². The number of nitrogens with zero attached hydrogens (tertiary/aromatic N) is 1. The predicted molar refractivity (Wildman–Crippen MR) is 101 cm³/mol. The van der Waals surface area contributed by atoms with Crippen molar-refractivity contribution in [2.75, 3.05) is 4.90 Å². The number of terminal acetylenes is 1. The van der Waals surface area contributed by atoms with Gasteiger partial charge in [0.2, 0.25) is 0 Å². The van der Waals surface area contributed by atoms with Crippen molar-refractivity contribution in [1.82, 2.24) is 0 Å². The van der Waals surface area contributed by atoms with Crippen LogP contribution in [-0.2, 0) is 0 Å². The summed E-state index contributed by atoms with van der Waals surface area (Å²) in [7, 11) is 0. The number of rotatable bonds is 3. The quantitative estimate of drug-likeness (QED) is 0.575. The van der Waals surface area contributed by atoms with Crippen LogP contribution in [0.1, 0.15) is 12.0 Å². The molecular formula is C23H17N.